The number of rotatable bonds is 6. The van der Waals surface area contributed by atoms with E-state index in [2.05, 4.69) is 9.98 Å². The zero-order valence-corrected chi connectivity index (χ0v) is 18.8. The molecule has 1 aromatic heterocycles. The summed E-state index contributed by atoms with van der Waals surface area (Å²) in [5.74, 6) is -0.623. The van der Waals surface area contributed by atoms with Gasteiger partial charge in [-0.1, -0.05) is 64.1 Å². The molecule has 0 saturated heterocycles. The van der Waals surface area contributed by atoms with Crippen LogP contribution in [0.2, 0.25) is 0 Å². The molecule has 5 heteroatoms. The zero-order valence-electron chi connectivity index (χ0n) is 18.8. The van der Waals surface area contributed by atoms with Crippen molar-refractivity contribution < 1.29 is 9.18 Å². The van der Waals surface area contributed by atoms with E-state index in [4.69, 9.17) is 5.73 Å². The number of carbonyl (C=O) groups excluding carboxylic acids is 1. The van der Waals surface area contributed by atoms with E-state index in [1.165, 1.54) is 13.0 Å². The van der Waals surface area contributed by atoms with E-state index >= 15 is 4.39 Å². The van der Waals surface area contributed by atoms with E-state index < -0.39 is 11.4 Å². The van der Waals surface area contributed by atoms with Gasteiger partial charge in [0.15, 0.2) is 11.3 Å². The summed E-state index contributed by atoms with van der Waals surface area (Å²) >= 11 is 0. The van der Waals surface area contributed by atoms with Crippen LogP contribution in [0.1, 0.15) is 45.7 Å². The van der Waals surface area contributed by atoms with Crippen LogP contribution in [-0.2, 0) is 10.3 Å². The fraction of sp³-hybridized carbons (Fsp3) is 0.269. The van der Waals surface area contributed by atoms with Gasteiger partial charge in [0, 0.05) is 23.9 Å². The number of aromatic nitrogens is 1. The van der Waals surface area contributed by atoms with Crippen molar-refractivity contribution in [1.82, 2.24) is 4.98 Å². The molecule has 0 spiro atoms. The molecule has 0 aliphatic heterocycles. The summed E-state index contributed by atoms with van der Waals surface area (Å²) in [7, 11) is 0. The third kappa shape index (κ3) is 5.05. The van der Waals surface area contributed by atoms with Crippen LogP contribution >= 0.6 is 0 Å². The molecule has 1 atom stereocenters. The van der Waals surface area contributed by atoms with Gasteiger partial charge in [-0.25, -0.2) is 9.38 Å². The molecule has 0 fully saturated rings. The maximum Gasteiger partial charge on any atom is 0.173 e. The first kappa shape index (κ1) is 23.9. The van der Waals surface area contributed by atoms with Crippen molar-refractivity contribution >= 4 is 11.6 Å². The number of amidine groups is 1. The van der Waals surface area contributed by atoms with Crippen molar-refractivity contribution in [3.8, 4) is 11.1 Å². The smallest absolute Gasteiger partial charge is 0.173 e. The lowest BCUT2D eigenvalue weighted by molar-refractivity contribution is -0.120. The molecule has 0 aliphatic rings. The van der Waals surface area contributed by atoms with Crippen LogP contribution in [0.5, 0.6) is 0 Å². The van der Waals surface area contributed by atoms with Gasteiger partial charge in [-0.2, -0.15) is 0 Å². The van der Waals surface area contributed by atoms with Crippen LogP contribution in [0, 0.1) is 11.7 Å². The van der Waals surface area contributed by atoms with Crippen molar-refractivity contribution in [2.24, 2.45) is 16.6 Å². The molecule has 2 N–H and O–H groups in total. The minimum Gasteiger partial charge on any atom is -0.387 e. The van der Waals surface area contributed by atoms with Crippen LogP contribution in [-0.4, -0.2) is 16.6 Å². The largest absolute Gasteiger partial charge is 0.387 e. The number of pyridine rings is 1. The van der Waals surface area contributed by atoms with Crippen LogP contribution in [0.4, 0.5) is 4.39 Å². The maximum atomic E-state index is 15.2. The summed E-state index contributed by atoms with van der Waals surface area (Å²) in [6.07, 6.45) is 3.34. The second-order valence-electron chi connectivity index (χ2n) is 7.25. The summed E-state index contributed by atoms with van der Waals surface area (Å²) in [6.45, 7) is 9.19. The second kappa shape index (κ2) is 10.6. The van der Waals surface area contributed by atoms with Crippen molar-refractivity contribution in [2.45, 2.75) is 40.2 Å². The van der Waals surface area contributed by atoms with Gasteiger partial charge in [-0.05, 0) is 47.9 Å². The number of Topliss-reactive ketones (excluding diaryl/α,β-unsaturated/α-hetero) is 1. The number of hydrogen-bond donors (Lipinski definition) is 1. The fourth-order valence-corrected chi connectivity index (χ4v) is 3.28. The van der Waals surface area contributed by atoms with Gasteiger partial charge in [0.2, 0.25) is 0 Å². The summed E-state index contributed by atoms with van der Waals surface area (Å²) in [5.41, 5.74) is 7.00. The number of nitrogens with zero attached hydrogens (tertiary/aromatic N) is 2. The van der Waals surface area contributed by atoms with Gasteiger partial charge in [0.25, 0.3) is 0 Å². The Labute approximate surface area is 184 Å². The average molecular weight is 420 g/mol. The van der Waals surface area contributed by atoms with E-state index in [0.717, 1.165) is 11.1 Å². The molecule has 4 nitrogen and oxygen atoms in total. The van der Waals surface area contributed by atoms with Gasteiger partial charge in [-0.15, -0.1) is 0 Å². The van der Waals surface area contributed by atoms with Crippen LogP contribution < -0.4 is 5.73 Å². The minimum absolute atomic E-state index is 0.0936. The maximum absolute atomic E-state index is 15.2. The number of ketones is 1. The average Bonchev–Trinajstić information content (AvgIpc) is 2.80. The Morgan fingerprint density at radius 3 is 2.16 bits per heavy atom. The van der Waals surface area contributed by atoms with Crippen LogP contribution in [0.25, 0.3) is 11.1 Å². The molecule has 0 aliphatic carbocycles. The summed E-state index contributed by atoms with van der Waals surface area (Å²) in [5, 5.41) is 0. The summed E-state index contributed by atoms with van der Waals surface area (Å²) in [6, 6.07) is 17.4. The Balaban J connectivity index is 0.00000166. The minimum atomic E-state index is -1.57. The Kier molecular flexibility index (Phi) is 8.20. The van der Waals surface area contributed by atoms with Gasteiger partial charge < -0.3 is 5.73 Å². The lowest BCUT2D eigenvalue weighted by atomic mass is 9.78. The summed E-state index contributed by atoms with van der Waals surface area (Å²) < 4.78 is 15.2. The molecular weight excluding hydrogens is 389 g/mol. The number of nitrogens with two attached hydrogens (primary N) is 1. The Hall–Kier alpha value is -3.34. The number of benzene rings is 2. The molecule has 0 bridgehead atoms. The molecule has 2 aromatic carbocycles. The molecule has 0 saturated carbocycles. The predicted octanol–water partition coefficient (Wildman–Crippen LogP) is 5.76. The summed E-state index contributed by atoms with van der Waals surface area (Å²) in [4.78, 5) is 21.7. The molecular formula is C26H30FN3O. The monoisotopic (exact) mass is 419 g/mol. The quantitative estimate of drug-likeness (QED) is 0.408. The third-order valence-electron chi connectivity index (χ3n) is 4.96. The first-order valence-electron chi connectivity index (χ1n) is 10.5. The lowest BCUT2D eigenvalue weighted by Crippen LogP contribution is -2.38. The Bertz CT molecular complexity index is 1030. The number of halogens is 1. The molecule has 1 unspecified atom stereocenters. The van der Waals surface area contributed by atoms with Gasteiger partial charge in [0.1, 0.15) is 5.82 Å². The first-order valence-corrected chi connectivity index (χ1v) is 10.5. The Morgan fingerprint density at radius 2 is 1.61 bits per heavy atom. The number of carbonyl (C=O) groups is 1. The van der Waals surface area contributed by atoms with Gasteiger partial charge in [-0.3, -0.25) is 9.78 Å². The van der Waals surface area contributed by atoms with E-state index in [1.54, 1.807) is 48.8 Å². The van der Waals surface area contributed by atoms with Crippen molar-refractivity contribution in [1.29, 1.82) is 0 Å². The van der Waals surface area contributed by atoms with Crippen molar-refractivity contribution in [3.63, 3.8) is 0 Å². The first-order chi connectivity index (χ1) is 14.9. The number of hydrogen-bond acceptors (Lipinski definition) is 3. The highest BCUT2D eigenvalue weighted by molar-refractivity contribution is 5.96. The SMILES string of the molecule is CC.CC(=O)C(N=C(N)C(C)C)(c1ccccc1)c1cc(-c2ccncc2)ccc1F. The van der Waals surface area contributed by atoms with Crippen LogP contribution in [0.3, 0.4) is 0 Å². The van der Waals surface area contributed by atoms with Crippen molar-refractivity contribution in [2.75, 3.05) is 0 Å². The molecule has 162 valence electrons. The normalized spacial score (nSPS) is 13.2. The van der Waals surface area contributed by atoms with Crippen molar-refractivity contribution in [3.05, 3.63) is 90.0 Å². The van der Waals surface area contributed by atoms with Crippen LogP contribution in [0.15, 0.2) is 78.0 Å². The Morgan fingerprint density at radius 1 is 1.00 bits per heavy atom. The van der Waals surface area contributed by atoms with E-state index in [0.29, 0.717) is 5.56 Å². The topological polar surface area (TPSA) is 68.3 Å². The van der Waals surface area contributed by atoms with E-state index in [-0.39, 0.29) is 23.1 Å². The second-order valence-corrected chi connectivity index (χ2v) is 7.25. The molecule has 1 heterocycles. The van der Waals surface area contributed by atoms with E-state index in [9.17, 15) is 4.79 Å². The fourth-order valence-electron chi connectivity index (χ4n) is 3.28. The highest BCUT2D eigenvalue weighted by Crippen LogP contribution is 2.39. The molecule has 31 heavy (non-hydrogen) atoms. The molecule has 3 aromatic rings. The molecule has 0 amide bonds. The standard InChI is InChI=1S/C24H24FN3O.C2H6/c1-16(2)23(26)28-24(17(3)29,20-7-5-4-6-8-20)21-15-19(9-10-22(21)25)18-11-13-27-14-12-18;1-2/h4-16H,1-3H3,(H2,26,28);1-2H3. The molecule has 3 rings (SSSR count). The third-order valence-corrected chi connectivity index (χ3v) is 4.96. The highest BCUT2D eigenvalue weighted by Gasteiger charge is 2.42. The zero-order chi connectivity index (χ0) is 23.0. The van der Waals surface area contributed by atoms with E-state index in [1.807, 2.05) is 45.9 Å². The predicted molar refractivity (Wildman–Crippen MR) is 125 cm³/mol. The lowest BCUT2D eigenvalue weighted by Gasteiger charge is -2.30. The van der Waals surface area contributed by atoms with Gasteiger partial charge in [0.05, 0.1) is 5.84 Å². The molecule has 0 radical (unpaired) electrons. The number of aliphatic imine (C=N–C) groups is 1. The highest BCUT2D eigenvalue weighted by atomic mass is 19.1. The van der Waals surface area contributed by atoms with Gasteiger partial charge >= 0.3 is 0 Å².